The van der Waals surface area contributed by atoms with Gasteiger partial charge >= 0.3 is 0 Å². The molecule has 0 saturated carbocycles. The lowest BCUT2D eigenvalue weighted by Gasteiger charge is -2.15. The molecule has 0 bridgehead atoms. The summed E-state index contributed by atoms with van der Waals surface area (Å²) in [7, 11) is 0. The molecule has 0 spiro atoms. The predicted octanol–water partition coefficient (Wildman–Crippen LogP) is 6.69. The van der Waals surface area contributed by atoms with Crippen molar-refractivity contribution in [2.24, 2.45) is 0 Å². The SMILES string of the molecule is CCCCCc1c(N)c(-c2cccc(Br)c2)cc2c(=O)c3ccccc3oc12. The summed E-state index contributed by atoms with van der Waals surface area (Å²) in [6.45, 7) is 2.17. The summed E-state index contributed by atoms with van der Waals surface area (Å²) in [5.41, 5.74) is 11.3. The lowest BCUT2D eigenvalue weighted by Crippen LogP contribution is -2.07. The van der Waals surface area contributed by atoms with E-state index in [1.165, 1.54) is 0 Å². The summed E-state index contributed by atoms with van der Waals surface area (Å²) < 4.78 is 7.17. The molecule has 4 rings (SSSR count). The maximum absolute atomic E-state index is 13.2. The first-order valence-corrected chi connectivity index (χ1v) is 10.4. The van der Waals surface area contributed by atoms with Gasteiger partial charge < -0.3 is 10.2 Å². The molecule has 1 heterocycles. The van der Waals surface area contributed by atoms with Gasteiger partial charge in [0.2, 0.25) is 5.43 Å². The van der Waals surface area contributed by atoms with Gasteiger partial charge in [0.25, 0.3) is 0 Å². The minimum atomic E-state index is -0.00941. The molecule has 1 aromatic heterocycles. The van der Waals surface area contributed by atoms with E-state index in [0.717, 1.165) is 46.8 Å². The van der Waals surface area contributed by atoms with Crippen molar-refractivity contribution in [1.29, 1.82) is 0 Å². The second-order valence-corrected chi connectivity index (χ2v) is 8.00. The Morgan fingerprint density at radius 3 is 2.61 bits per heavy atom. The van der Waals surface area contributed by atoms with Crippen LogP contribution in [0.5, 0.6) is 0 Å². The van der Waals surface area contributed by atoms with Crippen molar-refractivity contribution in [2.45, 2.75) is 32.6 Å². The van der Waals surface area contributed by atoms with E-state index in [1.807, 2.05) is 54.6 Å². The summed E-state index contributed by atoms with van der Waals surface area (Å²) in [6, 6.07) is 17.3. The van der Waals surface area contributed by atoms with Gasteiger partial charge in [-0.25, -0.2) is 0 Å². The Hall–Kier alpha value is -2.59. The zero-order valence-corrected chi connectivity index (χ0v) is 17.4. The summed E-state index contributed by atoms with van der Waals surface area (Å²) in [4.78, 5) is 13.2. The third kappa shape index (κ3) is 3.33. The van der Waals surface area contributed by atoms with E-state index < -0.39 is 0 Å². The fourth-order valence-corrected chi connectivity index (χ4v) is 4.11. The second kappa shape index (κ2) is 7.80. The molecule has 0 unspecified atom stereocenters. The van der Waals surface area contributed by atoms with Gasteiger partial charge in [0.1, 0.15) is 11.2 Å². The molecule has 3 nitrogen and oxygen atoms in total. The number of fused-ring (bicyclic) bond motifs is 2. The first-order valence-electron chi connectivity index (χ1n) is 9.63. The van der Waals surface area contributed by atoms with Gasteiger partial charge in [0.15, 0.2) is 0 Å². The van der Waals surface area contributed by atoms with Crippen LogP contribution in [0.25, 0.3) is 33.1 Å². The average Bonchev–Trinajstić information content (AvgIpc) is 2.70. The number of rotatable bonds is 5. The summed E-state index contributed by atoms with van der Waals surface area (Å²) in [6.07, 6.45) is 4.03. The summed E-state index contributed by atoms with van der Waals surface area (Å²) in [5.74, 6) is 0. The van der Waals surface area contributed by atoms with Crippen molar-refractivity contribution in [1.82, 2.24) is 0 Å². The van der Waals surface area contributed by atoms with E-state index in [-0.39, 0.29) is 5.43 Å². The second-order valence-electron chi connectivity index (χ2n) is 7.09. The molecular weight excluding hydrogens is 414 g/mol. The first-order chi connectivity index (χ1) is 13.6. The number of para-hydroxylation sites is 1. The molecule has 0 aliphatic heterocycles. The summed E-state index contributed by atoms with van der Waals surface area (Å²) in [5, 5.41) is 1.19. The molecule has 0 fully saturated rings. The molecule has 2 N–H and O–H groups in total. The van der Waals surface area contributed by atoms with Crippen molar-refractivity contribution in [2.75, 3.05) is 5.73 Å². The molecule has 142 valence electrons. The Kier molecular flexibility index (Phi) is 5.23. The third-order valence-corrected chi connectivity index (χ3v) is 5.67. The Labute approximate surface area is 172 Å². The highest BCUT2D eigenvalue weighted by molar-refractivity contribution is 9.10. The lowest BCUT2D eigenvalue weighted by atomic mass is 9.94. The molecule has 0 aliphatic rings. The lowest BCUT2D eigenvalue weighted by molar-refractivity contribution is 0.646. The van der Waals surface area contributed by atoms with Gasteiger partial charge in [0, 0.05) is 21.3 Å². The van der Waals surface area contributed by atoms with Crippen LogP contribution in [-0.4, -0.2) is 0 Å². The number of halogens is 1. The van der Waals surface area contributed by atoms with Gasteiger partial charge in [-0.15, -0.1) is 0 Å². The summed E-state index contributed by atoms with van der Waals surface area (Å²) >= 11 is 3.53. The van der Waals surface area contributed by atoms with E-state index in [2.05, 4.69) is 22.9 Å². The minimum Gasteiger partial charge on any atom is -0.455 e. The molecule has 4 aromatic rings. The normalized spacial score (nSPS) is 11.4. The molecule has 0 aliphatic carbocycles. The number of nitrogen functional groups attached to an aromatic ring is 1. The quantitative estimate of drug-likeness (QED) is 0.215. The molecule has 4 heteroatoms. The highest BCUT2D eigenvalue weighted by Crippen LogP contribution is 2.36. The molecule has 3 aromatic carbocycles. The van der Waals surface area contributed by atoms with Gasteiger partial charge in [-0.05, 0) is 48.7 Å². The van der Waals surface area contributed by atoms with Crippen LogP contribution in [0.3, 0.4) is 0 Å². The number of nitrogens with two attached hydrogens (primary N) is 1. The Morgan fingerprint density at radius 2 is 1.82 bits per heavy atom. The minimum absolute atomic E-state index is 0.00941. The highest BCUT2D eigenvalue weighted by Gasteiger charge is 2.18. The average molecular weight is 436 g/mol. The monoisotopic (exact) mass is 435 g/mol. The van der Waals surface area contributed by atoms with Crippen molar-refractivity contribution in [3.8, 4) is 11.1 Å². The van der Waals surface area contributed by atoms with E-state index in [9.17, 15) is 4.79 Å². The molecule has 0 saturated heterocycles. The van der Waals surface area contributed by atoms with E-state index >= 15 is 0 Å². The van der Waals surface area contributed by atoms with Crippen molar-refractivity contribution < 1.29 is 4.42 Å². The fraction of sp³-hybridized carbons (Fsp3) is 0.208. The van der Waals surface area contributed by atoms with Crippen molar-refractivity contribution in [3.63, 3.8) is 0 Å². The molecule has 28 heavy (non-hydrogen) atoms. The Balaban J connectivity index is 2.05. The Bertz CT molecular complexity index is 1230. The van der Waals surface area contributed by atoms with Gasteiger partial charge in [-0.1, -0.05) is 60.0 Å². The number of hydrogen-bond donors (Lipinski definition) is 1. The number of benzene rings is 3. The topological polar surface area (TPSA) is 56.2 Å². The van der Waals surface area contributed by atoms with Crippen molar-refractivity contribution in [3.05, 3.63) is 74.9 Å². The van der Waals surface area contributed by atoms with Crippen LogP contribution in [0.2, 0.25) is 0 Å². The van der Waals surface area contributed by atoms with Crippen LogP contribution in [0.4, 0.5) is 5.69 Å². The van der Waals surface area contributed by atoms with Crippen LogP contribution in [0.1, 0.15) is 31.7 Å². The van der Waals surface area contributed by atoms with Crippen LogP contribution < -0.4 is 11.2 Å². The van der Waals surface area contributed by atoms with E-state index in [1.54, 1.807) is 0 Å². The fourth-order valence-electron chi connectivity index (χ4n) is 3.71. The number of aryl methyl sites for hydroxylation is 1. The zero-order chi connectivity index (χ0) is 19.7. The smallest absolute Gasteiger partial charge is 0.200 e. The molecule has 0 radical (unpaired) electrons. The predicted molar refractivity (Wildman–Crippen MR) is 121 cm³/mol. The van der Waals surface area contributed by atoms with Crippen LogP contribution in [0.15, 0.2) is 68.3 Å². The maximum atomic E-state index is 13.2. The van der Waals surface area contributed by atoms with Crippen LogP contribution in [-0.2, 0) is 6.42 Å². The maximum Gasteiger partial charge on any atom is 0.200 e. The third-order valence-electron chi connectivity index (χ3n) is 5.18. The number of anilines is 1. The Morgan fingerprint density at radius 1 is 1.00 bits per heavy atom. The van der Waals surface area contributed by atoms with Gasteiger partial charge in [-0.3, -0.25) is 4.79 Å². The molecular formula is C24H22BrNO2. The van der Waals surface area contributed by atoms with Crippen LogP contribution in [0, 0.1) is 0 Å². The van der Waals surface area contributed by atoms with E-state index in [4.69, 9.17) is 10.2 Å². The number of unbranched alkanes of at least 4 members (excludes halogenated alkanes) is 2. The standard InChI is InChI=1S/C24H22BrNO2/c1-2-3-4-11-18-22(26)19(15-8-7-9-16(25)13-15)14-20-23(27)17-10-5-6-12-21(17)28-24(18)20/h5-10,12-14H,2-4,11,26H2,1H3. The zero-order valence-electron chi connectivity index (χ0n) is 15.8. The largest absolute Gasteiger partial charge is 0.455 e. The molecule has 0 amide bonds. The van der Waals surface area contributed by atoms with Gasteiger partial charge in [-0.2, -0.15) is 0 Å². The van der Waals surface area contributed by atoms with Crippen LogP contribution >= 0.6 is 15.9 Å². The number of hydrogen-bond acceptors (Lipinski definition) is 3. The molecule has 0 atom stereocenters. The van der Waals surface area contributed by atoms with Crippen molar-refractivity contribution >= 4 is 43.6 Å². The highest BCUT2D eigenvalue weighted by atomic mass is 79.9. The first kappa shape index (κ1) is 18.8. The van der Waals surface area contributed by atoms with Gasteiger partial charge in [0.05, 0.1) is 10.8 Å². The van der Waals surface area contributed by atoms with E-state index in [0.29, 0.717) is 27.6 Å².